The summed E-state index contributed by atoms with van der Waals surface area (Å²) in [6, 6.07) is 19.7. The third kappa shape index (κ3) is 3.78. The lowest BCUT2D eigenvalue weighted by molar-refractivity contribution is -0.0835. The molecular weight excluding hydrogens is 414 g/mol. The van der Waals surface area contributed by atoms with Crippen molar-refractivity contribution in [2.45, 2.75) is 18.9 Å². The Kier molecular flexibility index (Phi) is 4.06. The van der Waals surface area contributed by atoms with Crippen LogP contribution in [0, 0.1) is 5.41 Å². The van der Waals surface area contributed by atoms with Gasteiger partial charge in [0.05, 0.1) is 34.8 Å². The van der Waals surface area contributed by atoms with Crippen LogP contribution in [0.15, 0.2) is 60.7 Å². The van der Waals surface area contributed by atoms with E-state index in [2.05, 4.69) is 15.0 Å². The minimum Gasteiger partial charge on any atom is -0.461 e. The van der Waals surface area contributed by atoms with Gasteiger partial charge in [0.1, 0.15) is 6.10 Å². The van der Waals surface area contributed by atoms with E-state index in [0.717, 1.165) is 16.7 Å². The zero-order valence-corrected chi connectivity index (χ0v) is 17.1. The highest BCUT2D eigenvalue weighted by molar-refractivity contribution is 6.33. The fraction of sp³-hybridized carbons (Fsp3) is 0.250. The molecule has 0 saturated heterocycles. The predicted octanol–water partition coefficient (Wildman–Crippen LogP) is 4.46. The summed E-state index contributed by atoms with van der Waals surface area (Å²) >= 11 is 6.50. The average molecular weight is 440 g/mol. The minimum atomic E-state index is -2.92. The molecule has 5 rings (SSSR count). The second-order valence-corrected chi connectivity index (χ2v) is 8.04. The van der Waals surface area contributed by atoms with E-state index >= 15 is 0 Å². The van der Waals surface area contributed by atoms with Gasteiger partial charge in [-0.05, 0) is 30.0 Å². The van der Waals surface area contributed by atoms with Crippen LogP contribution in [0.1, 0.15) is 18.3 Å². The number of aromatic amines is 1. The number of aromatic nitrogens is 3. The van der Waals surface area contributed by atoms with E-state index in [1.165, 1.54) is 0 Å². The molecule has 0 radical (unpaired) electrons. The monoisotopic (exact) mass is 439 g/mol. The molecule has 3 N–H and O–H groups in total. The molecular formula is C24H22ClN3O3. The van der Waals surface area contributed by atoms with Gasteiger partial charge >= 0.3 is 0 Å². The Hall–Kier alpha value is -2.93. The van der Waals surface area contributed by atoms with Crippen LogP contribution in [0.25, 0.3) is 33.5 Å². The van der Waals surface area contributed by atoms with Crippen molar-refractivity contribution in [3.8, 4) is 28.4 Å². The smallest absolute Gasteiger partial charge is 0.296 e. The summed E-state index contributed by atoms with van der Waals surface area (Å²) in [6.07, 6.45) is -1.12. The fourth-order valence-corrected chi connectivity index (χ4v) is 4.03. The molecule has 6 nitrogen and oxygen atoms in total. The van der Waals surface area contributed by atoms with Gasteiger partial charge < -0.3 is 19.9 Å². The zero-order valence-electron chi connectivity index (χ0n) is 20.3. The van der Waals surface area contributed by atoms with Gasteiger partial charge in [0.25, 0.3) is 6.01 Å². The highest BCUT2D eigenvalue weighted by Crippen LogP contribution is 2.42. The number of nitrogens with one attached hydrogen (secondary N) is 1. The molecule has 2 heterocycles. The third-order valence-electron chi connectivity index (χ3n) is 5.53. The van der Waals surface area contributed by atoms with E-state index in [0.29, 0.717) is 21.9 Å². The lowest BCUT2D eigenvalue weighted by Crippen LogP contribution is -2.49. The van der Waals surface area contributed by atoms with Crippen LogP contribution in [-0.4, -0.2) is 44.4 Å². The second kappa shape index (κ2) is 7.96. The van der Waals surface area contributed by atoms with Gasteiger partial charge in [-0.15, -0.1) is 0 Å². The first-order valence-corrected chi connectivity index (χ1v) is 10.2. The summed E-state index contributed by atoms with van der Waals surface area (Å²) in [5, 5.41) is 20.0. The second-order valence-electron chi connectivity index (χ2n) is 7.63. The summed E-state index contributed by atoms with van der Waals surface area (Å²) in [5.41, 5.74) is 2.46. The molecule has 4 aromatic rings. The number of rotatable bonds is 6. The molecule has 1 aliphatic rings. The summed E-state index contributed by atoms with van der Waals surface area (Å²) in [4.78, 5) is 11.9. The number of aliphatic hydroxyl groups is 2. The van der Waals surface area contributed by atoms with Gasteiger partial charge in [0.2, 0.25) is 0 Å². The van der Waals surface area contributed by atoms with Crippen LogP contribution in [0.5, 0.6) is 6.01 Å². The fourth-order valence-electron chi connectivity index (χ4n) is 3.77. The highest BCUT2D eigenvalue weighted by atomic mass is 35.5. The van der Waals surface area contributed by atoms with E-state index in [4.69, 9.17) is 21.8 Å². The van der Waals surface area contributed by atoms with E-state index < -0.39 is 24.6 Å². The SMILES string of the molecule is [2H]C([2H])(O)C1(C([2H])([2H])O)CC(Oc2nc3nc(-c4ccc(-c5ccccc5)cc4)c(Cl)cc3[nH]2)C1. The maximum atomic E-state index is 9.80. The molecule has 0 bridgehead atoms. The molecule has 158 valence electrons. The number of nitrogens with zero attached hydrogens (tertiary/aromatic N) is 2. The highest BCUT2D eigenvalue weighted by Gasteiger charge is 2.45. The first-order chi connectivity index (χ1) is 16.5. The van der Waals surface area contributed by atoms with Crippen molar-refractivity contribution in [2.75, 3.05) is 13.1 Å². The van der Waals surface area contributed by atoms with Gasteiger partial charge in [-0.1, -0.05) is 66.2 Å². The first-order valence-electron chi connectivity index (χ1n) is 11.8. The van der Waals surface area contributed by atoms with Gasteiger partial charge in [-0.2, -0.15) is 4.98 Å². The van der Waals surface area contributed by atoms with Crippen molar-refractivity contribution in [2.24, 2.45) is 5.41 Å². The molecule has 1 saturated carbocycles. The molecule has 0 spiro atoms. The standard InChI is InChI=1S/C24H22ClN3O3/c25-19-10-20-22(28-23(26-20)31-18-11-24(12-18,13-29)14-30)27-21(19)17-8-6-16(7-9-17)15-4-2-1-3-5-15/h1-10,18,29-30H,11-14H2,(H,26,27,28)/i13D2,14D2. The maximum absolute atomic E-state index is 9.80. The molecule has 0 atom stereocenters. The Bertz CT molecular complexity index is 1350. The molecule has 0 amide bonds. The normalized spacial score (nSPS) is 18.5. The largest absolute Gasteiger partial charge is 0.461 e. The van der Waals surface area contributed by atoms with Crippen molar-refractivity contribution in [1.29, 1.82) is 0 Å². The zero-order chi connectivity index (χ0) is 25.0. The van der Waals surface area contributed by atoms with Gasteiger partial charge in [-0.25, -0.2) is 4.98 Å². The molecule has 1 fully saturated rings. The Balaban J connectivity index is 1.36. The lowest BCUT2D eigenvalue weighted by Gasteiger charge is -2.44. The number of halogens is 1. The number of H-pyrrole nitrogens is 1. The van der Waals surface area contributed by atoms with Crippen molar-refractivity contribution in [3.05, 3.63) is 65.7 Å². The summed E-state index contributed by atoms with van der Waals surface area (Å²) < 4.78 is 36.0. The van der Waals surface area contributed by atoms with Crippen molar-refractivity contribution in [3.63, 3.8) is 0 Å². The Morgan fingerprint density at radius 1 is 1.00 bits per heavy atom. The van der Waals surface area contributed by atoms with Crippen LogP contribution < -0.4 is 4.74 Å². The minimum absolute atomic E-state index is 0.107. The Morgan fingerprint density at radius 3 is 2.32 bits per heavy atom. The van der Waals surface area contributed by atoms with E-state index in [1.54, 1.807) is 6.07 Å². The average Bonchev–Trinajstić information content (AvgIpc) is 3.15. The maximum Gasteiger partial charge on any atom is 0.296 e. The van der Waals surface area contributed by atoms with Crippen LogP contribution in [0.2, 0.25) is 5.02 Å². The quantitative estimate of drug-likeness (QED) is 0.412. The van der Waals surface area contributed by atoms with Gasteiger partial charge in [-0.3, -0.25) is 0 Å². The Morgan fingerprint density at radius 2 is 1.65 bits per heavy atom. The topological polar surface area (TPSA) is 91.3 Å². The molecule has 31 heavy (non-hydrogen) atoms. The van der Waals surface area contributed by atoms with Gasteiger partial charge in [0, 0.05) is 11.0 Å². The molecule has 2 aromatic heterocycles. The summed E-state index contributed by atoms with van der Waals surface area (Å²) in [5.74, 6) is 0. The number of pyridine rings is 1. The first kappa shape index (κ1) is 15.8. The summed E-state index contributed by atoms with van der Waals surface area (Å²) in [6.45, 7) is -5.84. The van der Waals surface area contributed by atoms with Crippen molar-refractivity contribution in [1.82, 2.24) is 15.0 Å². The summed E-state index contributed by atoms with van der Waals surface area (Å²) in [7, 11) is 0. The van der Waals surface area contributed by atoms with Gasteiger partial charge in [0.15, 0.2) is 5.65 Å². The number of hydrogen-bond acceptors (Lipinski definition) is 5. The molecule has 7 heteroatoms. The molecule has 2 aromatic carbocycles. The van der Waals surface area contributed by atoms with E-state index in [-0.39, 0.29) is 18.9 Å². The number of hydrogen-bond donors (Lipinski definition) is 3. The Labute approximate surface area is 190 Å². The van der Waals surface area contributed by atoms with Crippen LogP contribution in [-0.2, 0) is 0 Å². The van der Waals surface area contributed by atoms with Crippen LogP contribution in [0.3, 0.4) is 0 Å². The number of ether oxygens (including phenoxy) is 1. The molecule has 1 aliphatic carbocycles. The van der Waals surface area contributed by atoms with E-state index in [9.17, 15) is 10.2 Å². The van der Waals surface area contributed by atoms with E-state index in [1.807, 2.05) is 54.6 Å². The molecule has 0 aliphatic heterocycles. The van der Waals surface area contributed by atoms with Crippen molar-refractivity contribution >= 4 is 22.8 Å². The number of benzene rings is 2. The number of fused-ring (bicyclic) bond motifs is 1. The predicted molar refractivity (Wildman–Crippen MR) is 120 cm³/mol. The van der Waals surface area contributed by atoms with Crippen molar-refractivity contribution < 1.29 is 20.4 Å². The molecule has 0 unspecified atom stereocenters. The van der Waals surface area contributed by atoms with Crippen LogP contribution >= 0.6 is 11.6 Å². The lowest BCUT2D eigenvalue weighted by atomic mass is 9.68. The van der Waals surface area contributed by atoms with Crippen LogP contribution in [0.4, 0.5) is 0 Å². The third-order valence-corrected chi connectivity index (χ3v) is 5.82. The number of imidazole rings is 1.